The number of nitrogens with one attached hydrogen (secondary N) is 2. The molecular formula is C21H25FN2O3. The van der Waals surface area contributed by atoms with Crippen molar-refractivity contribution in [1.29, 1.82) is 0 Å². The molecule has 1 atom stereocenters. The second-order valence-corrected chi connectivity index (χ2v) is 6.16. The Morgan fingerprint density at radius 3 is 2.15 bits per heavy atom. The molecule has 144 valence electrons. The Labute approximate surface area is 158 Å². The highest BCUT2D eigenvalue weighted by Crippen LogP contribution is 2.22. The number of hydrogen-bond acceptors (Lipinski definition) is 3. The van der Waals surface area contributed by atoms with Gasteiger partial charge in [0.05, 0.1) is 7.11 Å². The number of anilines is 1. The van der Waals surface area contributed by atoms with E-state index >= 15 is 0 Å². The zero-order chi connectivity index (χ0) is 19.8. The Morgan fingerprint density at radius 2 is 1.63 bits per heavy atom. The van der Waals surface area contributed by atoms with Gasteiger partial charge in [-0.25, -0.2) is 14.0 Å². The van der Waals surface area contributed by atoms with Gasteiger partial charge in [-0.2, -0.15) is 0 Å². The molecule has 2 aromatic rings. The third kappa shape index (κ3) is 5.54. The van der Waals surface area contributed by atoms with E-state index in [0.717, 1.165) is 35.2 Å². The van der Waals surface area contributed by atoms with Crippen LogP contribution in [0.25, 0.3) is 0 Å². The van der Waals surface area contributed by atoms with Gasteiger partial charge in [-0.1, -0.05) is 44.2 Å². The smallest absolute Gasteiger partial charge is 0.328 e. The van der Waals surface area contributed by atoms with Crippen molar-refractivity contribution in [2.75, 3.05) is 12.4 Å². The van der Waals surface area contributed by atoms with Crippen molar-refractivity contribution in [3.63, 3.8) is 0 Å². The van der Waals surface area contributed by atoms with Gasteiger partial charge < -0.3 is 15.4 Å². The average Bonchev–Trinajstić information content (AvgIpc) is 2.68. The standard InChI is InChI=1S/C21H25FN2O3/c1-4-15-7-6-8-16(5-2)19(15)24-21(26)23-18(20(25)27-3)13-14-9-11-17(22)12-10-14/h6-12,18H,4-5,13H2,1-3H3,(H2,23,24,26). The largest absolute Gasteiger partial charge is 0.467 e. The van der Waals surface area contributed by atoms with Crippen molar-refractivity contribution in [2.24, 2.45) is 0 Å². The van der Waals surface area contributed by atoms with Gasteiger partial charge in [-0.3, -0.25) is 0 Å². The SMILES string of the molecule is CCc1cccc(CC)c1NC(=O)NC(Cc1ccc(F)cc1)C(=O)OC. The summed E-state index contributed by atoms with van der Waals surface area (Å²) in [5.74, 6) is -0.920. The molecule has 2 amide bonds. The Hall–Kier alpha value is -2.89. The number of ether oxygens (including phenoxy) is 1. The van der Waals surface area contributed by atoms with Crippen molar-refractivity contribution in [3.8, 4) is 0 Å². The normalized spacial score (nSPS) is 11.6. The Morgan fingerprint density at radius 1 is 1.04 bits per heavy atom. The predicted octanol–water partition coefficient (Wildman–Crippen LogP) is 3.86. The van der Waals surface area contributed by atoms with Gasteiger partial charge in [0, 0.05) is 12.1 Å². The van der Waals surface area contributed by atoms with E-state index in [-0.39, 0.29) is 12.2 Å². The van der Waals surface area contributed by atoms with Crippen LogP contribution < -0.4 is 10.6 Å². The zero-order valence-electron chi connectivity index (χ0n) is 15.8. The monoisotopic (exact) mass is 372 g/mol. The van der Waals surface area contributed by atoms with Crippen LogP contribution in [0.4, 0.5) is 14.9 Å². The number of para-hydroxylation sites is 1. The fraction of sp³-hybridized carbons (Fsp3) is 0.333. The number of hydrogen-bond donors (Lipinski definition) is 2. The topological polar surface area (TPSA) is 67.4 Å². The number of carbonyl (C=O) groups is 2. The molecule has 0 aliphatic heterocycles. The number of aryl methyl sites for hydroxylation is 2. The van der Waals surface area contributed by atoms with E-state index < -0.39 is 18.0 Å². The fourth-order valence-electron chi connectivity index (χ4n) is 2.90. The highest BCUT2D eigenvalue weighted by Gasteiger charge is 2.22. The van der Waals surface area contributed by atoms with Crippen LogP contribution >= 0.6 is 0 Å². The van der Waals surface area contributed by atoms with Crippen LogP contribution in [0.5, 0.6) is 0 Å². The number of amides is 2. The summed E-state index contributed by atoms with van der Waals surface area (Å²) in [6.45, 7) is 4.04. The van der Waals surface area contributed by atoms with Gasteiger partial charge in [0.25, 0.3) is 0 Å². The van der Waals surface area contributed by atoms with Gasteiger partial charge in [-0.15, -0.1) is 0 Å². The summed E-state index contributed by atoms with van der Waals surface area (Å²) in [4.78, 5) is 24.6. The molecule has 0 spiro atoms. The first-order chi connectivity index (χ1) is 13.0. The minimum absolute atomic E-state index is 0.205. The molecule has 6 heteroatoms. The number of halogens is 1. The molecule has 0 fully saturated rings. The maximum Gasteiger partial charge on any atom is 0.328 e. The lowest BCUT2D eigenvalue weighted by Crippen LogP contribution is -2.45. The van der Waals surface area contributed by atoms with Gasteiger partial charge in [0.15, 0.2) is 0 Å². The minimum Gasteiger partial charge on any atom is -0.467 e. The lowest BCUT2D eigenvalue weighted by atomic mass is 10.0. The van der Waals surface area contributed by atoms with Crippen LogP contribution in [0, 0.1) is 5.82 Å². The van der Waals surface area contributed by atoms with E-state index in [2.05, 4.69) is 10.6 Å². The molecule has 0 radical (unpaired) electrons. The fourth-order valence-corrected chi connectivity index (χ4v) is 2.90. The maximum atomic E-state index is 13.1. The lowest BCUT2D eigenvalue weighted by Gasteiger charge is -2.19. The van der Waals surface area contributed by atoms with Crippen LogP contribution in [-0.2, 0) is 28.8 Å². The summed E-state index contributed by atoms with van der Waals surface area (Å²) < 4.78 is 17.9. The third-order valence-corrected chi connectivity index (χ3v) is 4.38. The Kier molecular flexibility index (Phi) is 7.34. The quantitative estimate of drug-likeness (QED) is 0.726. The lowest BCUT2D eigenvalue weighted by molar-refractivity contribution is -0.142. The number of benzene rings is 2. The first-order valence-corrected chi connectivity index (χ1v) is 8.99. The van der Waals surface area contributed by atoms with Crippen molar-refractivity contribution >= 4 is 17.7 Å². The van der Waals surface area contributed by atoms with Crippen molar-refractivity contribution in [3.05, 3.63) is 65.0 Å². The summed E-state index contributed by atoms with van der Waals surface area (Å²) in [6, 6.07) is 10.3. The Bertz CT molecular complexity index is 768. The van der Waals surface area contributed by atoms with Crippen LogP contribution in [0.1, 0.15) is 30.5 Å². The van der Waals surface area contributed by atoms with Gasteiger partial charge in [0.1, 0.15) is 11.9 Å². The number of urea groups is 1. The van der Waals surface area contributed by atoms with E-state index in [9.17, 15) is 14.0 Å². The van der Waals surface area contributed by atoms with Crippen LogP contribution in [0.3, 0.4) is 0 Å². The first kappa shape index (κ1) is 20.4. The molecule has 0 aliphatic rings. The first-order valence-electron chi connectivity index (χ1n) is 8.99. The Balaban J connectivity index is 2.14. The molecule has 0 saturated heterocycles. The number of methoxy groups -OCH3 is 1. The molecule has 2 rings (SSSR count). The molecular weight excluding hydrogens is 347 g/mol. The second-order valence-electron chi connectivity index (χ2n) is 6.16. The minimum atomic E-state index is -0.876. The van der Waals surface area contributed by atoms with Gasteiger partial charge in [0.2, 0.25) is 0 Å². The van der Waals surface area contributed by atoms with Gasteiger partial charge in [-0.05, 0) is 41.7 Å². The van der Waals surface area contributed by atoms with Crippen molar-refractivity contribution in [1.82, 2.24) is 5.32 Å². The molecule has 1 unspecified atom stereocenters. The molecule has 0 bridgehead atoms. The molecule has 5 nitrogen and oxygen atoms in total. The van der Waals surface area contributed by atoms with E-state index in [1.165, 1.54) is 19.2 Å². The highest BCUT2D eigenvalue weighted by atomic mass is 19.1. The van der Waals surface area contributed by atoms with E-state index in [0.29, 0.717) is 0 Å². The summed E-state index contributed by atoms with van der Waals surface area (Å²) in [5, 5.41) is 5.53. The molecule has 0 saturated carbocycles. The summed E-state index contributed by atoms with van der Waals surface area (Å²) >= 11 is 0. The second kappa shape index (κ2) is 9.71. The van der Waals surface area contributed by atoms with Gasteiger partial charge >= 0.3 is 12.0 Å². The number of carbonyl (C=O) groups excluding carboxylic acids is 2. The molecule has 2 aromatic carbocycles. The van der Waals surface area contributed by atoms with Crippen LogP contribution in [0.2, 0.25) is 0 Å². The summed E-state index contributed by atoms with van der Waals surface area (Å²) in [6.07, 6.45) is 1.76. The highest BCUT2D eigenvalue weighted by molar-refractivity contribution is 5.94. The zero-order valence-corrected chi connectivity index (χ0v) is 15.8. The van der Waals surface area contributed by atoms with Crippen LogP contribution in [-0.4, -0.2) is 25.2 Å². The van der Waals surface area contributed by atoms with Crippen molar-refractivity contribution < 1.29 is 18.7 Å². The predicted molar refractivity (Wildman–Crippen MR) is 103 cm³/mol. The third-order valence-electron chi connectivity index (χ3n) is 4.38. The van der Waals surface area contributed by atoms with Crippen LogP contribution in [0.15, 0.2) is 42.5 Å². The van der Waals surface area contributed by atoms with E-state index in [1.54, 1.807) is 12.1 Å². The molecule has 0 heterocycles. The molecule has 0 aromatic heterocycles. The molecule has 2 N–H and O–H groups in total. The van der Waals surface area contributed by atoms with Crippen molar-refractivity contribution in [2.45, 2.75) is 39.2 Å². The molecule has 27 heavy (non-hydrogen) atoms. The number of esters is 1. The number of rotatable bonds is 7. The summed E-state index contributed by atoms with van der Waals surface area (Å²) in [7, 11) is 1.27. The van der Waals surface area contributed by atoms with E-state index in [4.69, 9.17) is 4.74 Å². The maximum absolute atomic E-state index is 13.1. The van der Waals surface area contributed by atoms with E-state index in [1.807, 2.05) is 32.0 Å². The summed E-state index contributed by atoms with van der Waals surface area (Å²) in [5.41, 5.74) is 3.54. The molecule has 0 aliphatic carbocycles. The average molecular weight is 372 g/mol.